The van der Waals surface area contributed by atoms with E-state index >= 15 is 0 Å². The third-order valence-corrected chi connectivity index (χ3v) is 11.4. The number of hydrogen-bond acceptors (Lipinski definition) is 10. The summed E-state index contributed by atoms with van der Waals surface area (Å²) in [5, 5.41) is 2.50. The molecule has 5 aromatic carbocycles. The molecule has 342 valence electrons. The van der Waals surface area contributed by atoms with Crippen LogP contribution < -0.4 is 5.32 Å². The average molecular weight is 967 g/mol. The van der Waals surface area contributed by atoms with Gasteiger partial charge in [0.25, 0.3) is 0 Å². The van der Waals surface area contributed by atoms with Crippen LogP contribution in [0, 0.1) is 0 Å². The Bertz CT molecular complexity index is 2290. The smallest absolute Gasteiger partial charge is 0.445 e. The van der Waals surface area contributed by atoms with E-state index in [1.54, 1.807) is 152 Å². The number of halogens is 6. The standard InChI is InChI=1S/C46H45Cl3F3NO10S/c47-45(48,49)32-61-43(54)53-38-39(58-27-34-18-8-2-9-19-34)40(59-28-35-20-10-3-11-21-35)42(60-29-36-22-12-4-13-23-36)44(62-30-37-24-14-5-15-25-37,31-57-26-33-16-6-1-7-17-33)41(38)63-64(55,56)46(50,51)52/h1-25,38-42H,26-32H2,(H,53,54)/t38-,39+,40-,41+,42+,44-/m1/s1. The van der Waals surface area contributed by atoms with E-state index in [9.17, 15) is 26.4 Å². The van der Waals surface area contributed by atoms with Crippen molar-refractivity contribution in [2.75, 3.05) is 13.2 Å². The average Bonchev–Trinajstić information content (AvgIpc) is 3.28. The first-order chi connectivity index (χ1) is 30.6. The highest BCUT2D eigenvalue weighted by atomic mass is 35.6. The van der Waals surface area contributed by atoms with Crippen molar-refractivity contribution in [3.63, 3.8) is 0 Å². The van der Waals surface area contributed by atoms with Gasteiger partial charge in [-0.2, -0.15) is 21.6 Å². The number of amides is 1. The van der Waals surface area contributed by atoms with Crippen LogP contribution in [0.15, 0.2) is 152 Å². The summed E-state index contributed by atoms with van der Waals surface area (Å²) in [6.45, 7) is -2.52. The van der Waals surface area contributed by atoms with Gasteiger partial charge in [0.1, 0.15) is 31.0 Å². The fraction of sp³-hybridized carbons (Fsp3) is 0.326. The predicted molar refractivity (Wildman–Crippen MR) is 234 cm³/mol. The van der Waals surface area contributed by atoms with Gasteiger partial charge in [0.2, 0.25) is 3.79 Å². The van der Waals surface area contributed by atoms with Crippen LogP contribution in [-0.2, 0) is 75.8 Å². The van der Waals surface area contributed by atoms with E-state index < -0.39 is 74.8 Å². The molecule has 0 heterocycles. The predicted octanol–water partition coefficient (Wildman–Crippen LogP) is 9.63. The minimum Gasteiger partial charge on any atom is -0.445 e. The largest absolute Gasteiger partial charge is 0.523 e. The highest BCUT2D eigenvalue weighted by Gasteiger charge is 2.67. The Labute approximate surface area is 384 Å². The zero-order valence-electron chi connectivity index (χ0n) is 34.0. The Balaban J connectivity index is 1.59. The Morgan fingerprint density at radius 3 is 1.42 bits per heavy atom. The highest BCUT2D eigenvalue weighted by Crippen LogP contribution is 2.44. The van der Waals surface area contributed by atoms with E-state index in [1.807, 2.05) is 0 Å². The summed E-state index contributed by atoms with van der Waals surface area (Å²) in [5.41, 5.74) is -5.28. The summed E-state index contributed by atoms with van der Waals surface area (Å²) in [6, 6.07) is 42.0. The molecular weight excluding hydrogens is 922 g/mol. The number of carbonyl (C=O) groups is 1. The number of rotatable bonds is 20. The number of alkyl carbamates (subject to hydrolysis) is 1. The SMILES string of the molecule is O=C(N[C@@H]1[C@H](OCc2ccccc2)[C@@H](OCc2ccccc2)[C@H](OCc2ccccc2)[C@](COCc2ccccc2)(OCc2ccccc2)[C@H]1OS(=O)(=O)C(F)(F)F)OCC(Cl)(Cl)Cl. The molecule has 1 aliphatic rings. The van der Waals surface area contributed by atoms with Gasteiger partial charge in [-0.3, -0.25) is 4.18 Å². The fourth-order valence-electron chi connectivity index (χ4n) is 7.08. The van der Waals surface area contributed by atoms with Crippen molar-refractivity contribution in [1.29, 1.82) is 0 Å². The van der Waals surface area contributed by atoms with Gasteiger partial charge in [-0.1, -0.05) is 186 Å². The second kappa shape index (κ2) is 22.8. The number of hydrogen-bond donors (Lipinski definition) is 1. The lowest BCUT2D eigenvalue weighted by atomic mass is 9.73. The molecule has 0 spiro atoms. The van der Waals surface area contributed by atoms with Crippen LogP contribution in [0.25, 0.3) is 0 Å². The van der Waals surface area contributed by atoms with Gasteiger partial charge in [-0.25, -0.2) is 4.79 Å². The topological polar surface area (TPSA) is 128 Å². The molecule has 1 amide bonds. The van der Waals surface area contributed by atoms with Crippen LogP contribution in [0.4, 0.5) is 18.0 Å². The van der Waals surface area contributed by atoms with Gasteiger partial charge in [-0.05, 0) is 27.8 Å². The van der Waals surface area contributed by atoms with Crippen LogP contribution >= 0.6 is 34.8 Å². The molecule has 0 bridgehead atoms. The highest BCUT2D eigenvalue weighted by molar-refractivity contribution is 7.87. The van der Waals surface area contributed by atoms with Crippen molar-refractivity contribution in [2.45, 2.75) is 78.4 Å². The molecule has 1 N–H and O–H groups in total. The molecule has 0 aliphatic heterocycles. The maximum atomic E-state index is 14.7. The van der Waals surface area contributed by atoms with Gasteiger partial charge in [0.15, 0.2) is 5.60 Å². The summed E-state index contributed by atoms with van der Waals surface area (Å²) < 4.78 is 113. The normalized spacial score (nSPS) is 21.6. The van der Waals surface area contributed by atoms with Crippen molar-refractivity contribution in [1.82, 2.24) is 5.32 Å². The first-order valence-corrected chi connectivity index (χ1v) is 22.4. The summed E-state index contributed by atoms with van der Waals surface area (Å²) in [5.74, 6) is 0. The molecule has 6 rings (SSSR count). The van der Waals surface area contributed by atoms with E-state index in [1.165, 1.54) is 0 Å². The lowest BCUT2D eigenvalue weighted by Gasteiger charge is -2.55. The van der Waals surface area contributed by atoms with Gasteiger partial charge in [0.05, 0.1) is 45.7 Å². The molecule has 0 unspecified atom stereocenters. The zero-order chi connectivity index (χ0) is 45.6. The monoisotopic (exact) mass is 965 g/mol. The third kappa shape index (κ3) is 13.9. The molecule has 0 aromatic heterocycles. The molecule has 64 heavy (non-hydrogen) atoms. The quantitative estimate of drug-likeness (QED) is 0.0458. The van der Waals surface area contributed by atoms with Gasteiger partial charge < -0.3 is 33.7 Å². The van der Waals surface area contributed by atoms with E-state index in [2.05, 4.69) is 5.32 Å². The molecule has 1 fully saturated rings. The Morgan fingerprint density at radius 1 is 0.578 bits per heavy atom. The van der Waals surface area contributed by atoms with Crippen molar-refractivity contribution >= 4 is 51.0 Å². The molecule has 18 heteroatoms. The number of ether oxygens (including phenoxy) is 6. The Hall–Kier alpha value is -4.26. The van der Waals surface area contributed by atoms with Crippen molar-refractivity contribution in [3.05, 3.63) is 179 Å². The minimum absolute atomic E-state index is 0.127. The van der Waals surface area contributed by atoms with Gasteiger partial charge in [0, 0.05) is 0 Å². The van der Waals surface area contributed by atoms with Crippen molar-refractivity contribution in [3.8, 4) is 0 Å². The summed E-state index contributed by atoms with van der Waals surface area (Å²) in [4.78, 5) is 13.8. The molecular formula is C46H45Cl3F3NO10S. The first kappa shape index (κ1) is 49.2. The van der Waals surface area contributed by atoms with Crippen LogP contribution in [0.5, 0.6) is 0 Å². The first-order valence-electron chi connectivity index (χ1n) is 19.9. The van der Waals surface area contributed by atoms with Gasteiger partial charge >= 0.3 is 21.7 Å². The lowest BCUT2D eigenvalue weighted by molar-refractivity contribution is -0.301. The zero-order valence-corrected chi connectivity index (χ0v) is 37.1. The van der Waals surface area contributed by atoms with Crippen LogP contribution in [-0.4, -0.2) is 73.1 Å². The minimum atomic E-state index is -6.53. The van der Waals surface area contributed by atoms with Gasteiger partial charge in [-0.15, -0.1) is 0 Å². The van der Waals surface area contributed by atoms with E-state index in [4.69, 9.17) is 67.4 Å². The lowest BCUT2D eigenvalue weighted by Crippen LogP contribution is -2.78. The summed E-state index contributed by atoms with van der Waals surface area (Å²) in [6.07, 6.45) is -8.27. The summed E-state index contributed by atoms with van der Waals surface area (Å²) in [7, 11) is -6.53. The molecule has 1 saturated carbocycles. The number of carbonyl (C=O) groups excluding carboxylic acids is 1. The second-order valence-corrected chi connectivity index (χ2v) is 18.8. The van der Waals surface area contributed by atoms with E-state index in [0.717, 1.165) is 0 Å². The third-order valence-electron chi connectivity index (χ3n) is 10.1. The molecule has 0 radical (unpaired) electrons. The number of alkyl halides is 6. The number of benzene rings is 5. The molecule has 6 atom stereocenters. The van der Waals surface area contributed by atoms with E-state index in [0.29, 0.717) is 27.8 Å². The Kier molecular flexibility index (Phi) is 17.5. The van der Waals surface area contributed by atoms with Crippen LogP contribution in [0.2, 0.25) is 0 Å². The summed E-state index contributed by atoms with van der Waals surface area (Å²) >= 11 is 17.7. The fourth-order valence-corrected chi connectivity index (χ4v) is 7.91. The maximum absolute atomic E-state index is 14.7. The van der Waals surface area contributed by atoms with Crippen molar-refractivity contribution < 1.29 is 59.0 Å². The molecule has 1 aliphatic carbocycles. The van der Waals surface area contributed by atoms with E-state index in [-0.39, 0.29) is 33.0 Å². The maximum Gasteiger partial charge on any atom is 0.523 e. The van der Waals surface area contributed by atoms with Crippen LogP contribution in [0.3, 0.4) is 0 Å². The molecule has 5 aromatic rings. The van der Waals surface area contributed by atoms with Crippen LogP contribution in [0.1, 0.15) is 27.8 Å². The number of nitrogens with one attached hydrogen (secondary N) is 1. The molecule has 0 saturated heterocycles. The Morgan fingerprint density at radius 2 is 0.984 bits per heavy atom. The molecule has 11 nitrogen and oxygen atoms in total. The van der Waals surface area contributed by atoms with Crippen molar-refractivity contribution in [2.24, 2.45) is 0 Å². The second-order valence-electron chi connectivity index (χ2n) is 14.7.